The van der Waals surface area contributed by atoms with Gasteiger partial charge in [0.25, 0.3) is 0 Å². The van der Waals surface area contributed by atoms with Crippen LogP contribution in [0.2, 0.25) is 0 Å². The molecule has 4 nitrogen and oxygen atoms in total. The fourth-order valence-corrected chi connectivity index (χ4v) is 4.07. The molecule has 3 aromatic carbocycles. The molecule has 0 radical (unpaired) electrons. The molecule has 4 aromatic rings. The van der Waals surface area contributed by atoms with Crippen LogP contribution < -0.4 is 4.74 Å². The Morgan fingerprint density at radius 1 is 0.794 bits per heavy atom. The van der Waals surface area contributed by atoms with Crippen LogP contribution in [0.15, 0.2) is 84.9 Å². The van der Waals surface area contributed by atoms with E-state index in [0.717, 1.165) is 23.2 Å². The molecule has 0 unspecified atom stereocenters. The maximum atomic E-state index is 13.1. The van der Waals surface area contributed by atoms with E-state index >= 15 is 0 Å². The van der Waals surface area contributed by atoms with Crippen LogP contribution >= 0.6 is 0 Å². The number of carbonyl (C=O) groups is 1. The topological polar surface area (TPSA) is 45.3 Å². The molecule has 1 atom stereocenters. The summed E-state index contributed by atoms with van der Waals surface area (Å²) in [5.74, 6) is 0.557. The van der Waals surface area contributed by atoms with Gasteiger partial charge in [0, 0.05) is 23.1 Å². The maximum absolute atomic E-state index is 13.1. The van der Waals surface area contributed by atoms with E-state index in [1.807, 2.05) is 88.9 Å². The lowest BCUT2D eigenvalue weighted by Crippen LogP contribution is -2.42. The molecule has 0 saturated heterocycles. The molecule has 180 valence electrons. The molecular formula is C30H38N2O2. The fraction of sp³-hybridized carbons (Fsp3) is 0.300. The Bertz CT molecular complexity index is 1120. The lowest BCUT2D eigenvalue weighted by molar-refractivity contribution is 0.135. The Hall–Kier alpha value is -3.53. The number of aromatic amines is 1. The van der Waals surface area contributed by atoms with Crippen molar-refractivity contribution in [1.29, 1.82) is 0 Å². The molecule has 5 rings (SSSR count). The van der Waals surface area contributed by atoms with E-state index in [1.54, 1.807) is 12.1 Å². The lowest BCUT2D eigenvalue weighted by atomic mass is 9.93. The molecule has 0 aliphatic carbocycles. The molecule has 0 fully saturated rings. The summed E-state index contributed by atoms with van der Waals surface area (Å²) in [7, 11) is 0. The molecule has 0 spiro atoms. The molecule has 1 aliphatic heterocycles. The summed E-state index contributed by atoms with van der Waals surface area (Å²) in [6.07, 6.45) is 0.469. The molecule has 1 aromatic heterocycles. The van der Waals surface area contributed by atoms with Crippen LogP contribution in [0.5, 0.6) is 5.75 Å². The number of ether oxygens (including phenoxy) is 1. The van der Waals surface area contributed by atoms with Crippen molar-refractivity contribution in [2.75, 3.05) is 6.54 Å². The molecule has 1 aliphatic rings. The lowest BCUT2D eigenvalue weighted by Gasteiger charge is -2.35. The predicted molar refractivity (Wildman–Crippen MR) is 144 cm³/mol. The van der Waals surface area contributed by atoms with Crippen molar-refractivity contribution >= 4 is 17.0 Å². The highest BCUT2D eigenvalue weighted by Gasteiger charge is 2.35. The van der Waals surface area contributed by atoms with E-state index < -0.39 is 0 Å². The minimum Gasteiger partial charge on any atom is -0.410 e. The van der Waals surface area contributed by atoms with Gasteiger partial charge in [0.15, 0.2) is 0 Å². The van der Waals surface area contributed by atoms with Gasteiger partial charge < -0.3 is 9.72 Å². The molecule has 1 amide bonds. The first-order valence-corrected chi connectivity index (χ1v) is 12.5. The zero-order valence-electron chi connectivity index (χ0n) is 21.3. The second kappa shape index (κ2) is 13.9. The van der Waals surface area contributed by atoms with Crippen LogP contribution in [0.25, 0.3) is 10.9 Å². The summed E-state index contributed by atoms with van der Waals surface area (Å²) in [6, 6.07) is 27.5. The largest absolute Gasteiger partial charge is 0.416 e. The van der Waals surface area contributed by atoms with E-state index in [1.165, 1.54) is 10.9 Å². The van der Waals surface area contributed by atoms with Crippen LogP contribution in [0.3, 0.4) is 0 Å². The zero-order valence-corrected chi connectivity index (χ0v) is 21.3. The Morgan fingerprint density at radius 2 is 1.35 bits per heavy atom. The number of hydrogen-bond donors (Lipinski definition) is 1. The minimum atomic E-state index is -0.329. The maximum Gasteiger partial charge on any atom is 0.416 e. The van der Waals surface area contributed by atoms with Crippen molar-refractivity contribution in [3.05, 3.63) is 102 Å². The van der Waals surface area contributed by atoms with Crippen molar-refractivity contribution in [1.82, 2.24) is 9.88 Å². The van der Waals surface area contributed by atoms with Gasteiger partial charge in [0.05, 0.1) is 0 Å². The van der Waals surface area contributed by atoms with Crippen LogP contribution in [-0.2, 0) is 6.42 Å². The minimum absolute atomic E-state index is 0.200. The van der Waals surface area contributed by atoms with E-state index in [2.05, 4.69) is 35.3 Å². The zero-order chi connectivity index (χ0) is 24.9. The normalized spacial score (nSPS) is 13.7. The molecule has 2 heterocycles. The van der Waals surface area contributed by atoms with Crippen LogP contribution in [0.4, 0.5) is 4.79 Å². The average Bonchev–Trinajstić information content (AvgIpc) is 3.31. The fourth-order valence-electron chi connectivity index (χ4n) is 4.07. The van der Waals surface area contributed by atoms with Crippen LogP contribution in [0.1, 0.15) is 64.4 Å². The quantitative estimate of drug-likeness (QED) is 0.328. The molecule has 34 heavy (non-hydrogen) atoms. The SMILES string of the molecule is CC.CC.CC.O=C(Oc1ccccc1)N1CCc2c([nH]c3ccccc23)[C@@H]1c1ccccc1. The standard InChI is InChI=1S/C24H20N2O2.3C2H6/c27-24(28-18-11-5-2-6-12-18)26-16-15-20-19-13-7-8-14-21(19)25-22(20)23(26)17-9-3-1-4-10-17;3*1-2/h1-14,23,25H,15-16H2;3*1-2H3/t23-;;;/m0.../s1. The number of benzene rings is 3. The number of fused-ring (bicyclic) bond motifs is 3. The van der Waals surface area contributed by atoms with Gasteiger partial charge >= 0.3 is 6.09 Å². The number of amides is 1. The number of hydrogen-bond acceptors (Lipinski definition) is 2. The summed E-state index contributed by atoms with van der Waals surface area (Å²) in [5.41, 5.74) is 4.53. The van der Waals surface area contributed by atoms with Gasteiger partial charge in [-0.1, -0.05) is 108 Å². The van der Waals surface area contributed by atoms with Crippen molar-refractivity contribution in [2.24, 2.45) is 0 Å². The number of rotatable bonds is 2. The Morgan fingerprint density at radius 3 is 2.00 bits per heavy atom. The average molecular weight is 459 g/mol. The van der Waals surface area contributed by atoms with E-state index in [9.17, 15) is 4.79 Å². The molecule has 1 N–H and O–H groups in total. The summed E-state index contributed by atoms with van der Waals surface area (Å²) in [4.78, 5) is 18.4. The van der Waals surface area contributed by atoms with E-state index in [0.29, 0.717) is 12.3 Å². The molecule has 0 saturated carbocycles. The number of H-pyrrole nitrogens is 1. The van der Waals surface area contributed by atoms with Gasteiger partial charge in [-0.2, -0.15) is 0 Å². The highest BCUT2D eigenvalue weighted by Crippen LogP contribution is 2.38. The number of carbonyl (C=O) groups excluding carboxylic acids is 1. The summed E-state index contributed by atoms with van der Waals surface area (Å²) < 4.78 is 5.67. The van der Waals surface area contributed by atoms with Gasteiger partial charge in [-0.25, -0.2) is 4.79 Å². The Balaban J connectivity index is 0.000000633. The molecular weight excluding hydrogens is 420 g/mol. The van der Waals surface area contributed by atoms with Gasteiger partial charge in [-0.05, 0) is 35.7 Å². The second-order valence-corrected chi connectivity index (χ2v) is 7.00. The van der Waals surface area contributed by atoms with E-state index in [-0.39, 0.29) is 12.1 Å². The van der Waals surface area contributed by atoms with Gasteiger partial charge in [0.2, 0.25) is 0 Å². The van der Waals surface area contributed by atoms with Crippen molar-refractivity contribution in [2.45, 2.75) is 54.0 Å². The first-order chi connectivity index (χ1) is 16.8. The smallest absolute Gasteiger partial charge is 0.410 e. The number of aromatic nitrogens is 1. The summed E-state index contributed by atoms with van der Waals surface area (Å²) in [5, 5.41) is 1.23. The monoisotopic (exact) mass is 458 g/mol. The second-order valence-electron chi connectivity index (χ2n) is 7.00. The van der Waals surface area contributed by atoms with Gasteiger partial charge in [-0.3, -0.25) is 4.90 Å². The van der Waals surface area contributed by atoms with E-state index in [4.69, 9.17) is 4.74 Å². The highest BCUT2D eigenvalue weighted by molar-refractivity contribution is 5.86. The number of nitrogens with one attached hydrogen (secondary N) is 1. The third-order valence-corrected chi connectivity index (χ3v) is 5.33. The third kappa shape index (κ3) is 5.88. The van der Waals surface area contributed by atoms with Gasteiger partial charge in [-0.15, -0.1) is 0 Å². The van der Waals surface area contributed by atoms with Crippen LogP contribution in [0, 0.1) is 0 Å². The Kier molecular flexibility index (Phi) is 10.9. The van der Waals surface area contributed by atoms with Crippen molar-refractivity contribution < 1.29 is 9.53 Å². The van der Waals surface area contributed by atoms with Crippen LogP contribution in [-0.4, -0.2) is 22.5 Å². The van der Waals surface area contributed by atoms with Gasteiger partial charge in [0.1, 0.15) is 11.8 Å². The first-order valence-electron chi connectivity index (χ1n) is 12.5. The first kappa shape index (κ1) is 26.7. The van der Waals surface area contributed by atoms with Crippen molar-refractivity contribution in [3.8, 4) is 5.75 Å². The highest BCUT2D eigenvalue weighted by atomic mass is 16.6. The molecule has 4 heteroatoms. The summed E-state index contributed by atoms with van der Waals surface area (Å²) >= 11 is 0. The summed E-state index contributed by atoms with van der Waals surface area (Å²) in [6.45, 7) is 12.6. The number of nitrogens with zero attached hydrogens (tertiary/aromatic N) is 1. The molecule has 0 bridgehead atoms. The predicted octanol–water partition coefficient (Wildman–Crippen LogP) is 8.39. The Labute approximate surface area is 204 Å². The number of para-hydroxylation sites is 2. The third-order valence-electron chi connectivity index (χ3n) is 5.33. The van der Waals surface area contributed by atoms with Crippen molar-refractivity contribution in [3.63, 3.8) is 0 Å².